The van der Waals surface area contributed by atoms with Gasteiger partial charge in [0.05, 0.1) is 6.85 Å². The van der Waals surface area contributed by atoms with Gasteiger partial charge in [-0.25, -0.2) is 0 Å². The lowest BCUT2D eigenvalue weighted by Gasteiger charge is -2.08. The van der Waals surface area contributed by atoms with Crippen LogP contribution in [0.25, 0.3) is 21.9 Å². The van der Waals surface area contributed by atoms with Gasteiger partial charge in [-0.1, -0.05) is 60.5 Å². The Bertz CT molecular complexity index is 876. The second-order valence-electron chi connectivity index (χ2n) is 3.68. The van der Waals surface area contributed by atoms with Crippen LogP contribution >= 0.6 is 0 Å². The number of rotatable bonds is 1. The molecule has 17 heavy (non-hydrogen) atoms. The molecule has 0 aromatic heterocycles. The highest BCUT2D eigenvalue weighted by Crippen LogP contribution is 2.33. The molecule has 0 aliphatic rings. The summed E-state index contributed by atoms with van der Waals surface area (Å²) in [5.74, 6) is 0.0896. The largest absolute Gasteiger partial charge is 0.507 e. The van der Waals surface area contributed by atoms with E-state index in [1.807, 2.05) is 0 Å². The lowest BCUT2D eigenvalue weighted by molar-refractivity contribution is 0.481. The molecular formula is C16H12O. The number of phenolic OH excluding ortho intramolecular Hbond substituents is 1. The molecule has 82 valence electrons. The Morgan fingerprint density at radius 2 is 1.53 bits per heavy atom. The number of fused-ring (bicyclic) bond motifs is 1. The van der Waals surface area contributed by atoms with Gasteiger partial charge < -0.3 is 5.11 Å². The topological polar surface area (TPSA) is 20.2 Å². The number of benzene rings is 3. The molecule has 0 amide bonds. The van der Waals surface area contributed by atoms with Gasteiger partial charge in [0.2, 0.25) is 0 Å². The molecule has 0 spiro atoms. The van der Waals surface area contributed by atoms with Crippen molar-refractivity contribution in [3.8, 4) is 16.9 Å². The highest BCUT2D eigenvalue weighted by Gasteiger charge is 2.05. The molecule has 0 saturated carbocycles. The van der Waals surface area contributed by atoms with Gasteiger partial charge in [-0.05, 0) is 22.6 Å². The summed E-state index contributed by atoms with van der Waals surface area (Å²) in [5.41, 5.74) is 0.646. The van der Waals surface area contributed by atoms with Crippen LogP contribution in [0.2, 0.25) is 0 Å². The van der Waals surface area contributed by atoms with Crippen LogP contribution in [-0.4, -0.2) is 5.11 Å². The summed E-state index contributed by atoms with van der Waals surface area (Å²) in [4.78, 5) is 0. The first-order valence-electron chi connectivity index (χ1n) is 7.71. The molecule has 3 aromatic rings. The van der Waals surface area contributed by atoms with Crippen molar-refractivity contribution in [2.75, 3.05) is 0 Å². The van der Waals surface area contributed by atoms with Gasteiger partial charge in [0.25, 0.3) is 0 Å². The third-order valence-corrected chi connectivity index (χ3v) is 2.67. The van der Waals surface area contributed by atoms with Crippen LogP contribution in [0.3, 0.4) is 0 Å². The Hall–Kier alpha value is -2.28. The van der Waals surface area contributed by atoms with Crippen molar-refractivity contribution in [2.24, 2.45) is 0 Å². The fourth-order valence-electron chi connectivity index (χ4n) is 1.89. The molecule has 0 saturated heterocycles. The first-order chi connectivity index (χ1) is 10.4. The molecule has 1 heteroatoms. The monoisotopic (exact) mass is 225 g/mol. The first-order valence-corrected chi connectivity index (χ1v) is 5.21. The first kappa shape index (κ1) is 5.87. The molecule has 0 radical (unpaired) electrons. The van der Waals surface area contributed by atoms with Crippen LogP contribution in [0.4, 0.5) is 0 Å². The summed E-state index contributed by atoms with van der Waals surface area (Å²) in [7, 11) is 0. The Morgan fingerprint density at radius 1 is 0.824 bits per heavy atom. The minimum atomic E-state index is -0.415. The average molecular weight is 225 g/mol. The van der Waals surface area contributed by atoms with E-state index in [0.717, 1.165) is 0 Å². The standard InChI is InChI=1S/C16H12O/c17-16-11-10-13(12-6-2-1-3-7-12)14-8-4-5-9-15(14)16/h1-11,17H/i1D,2D,3D,6D,7D. The Morgan fingerprint density at radius 3 is 2.29 bits per heavy atom. The fraction of sp³-hybridized carbons (Fsp3) is 0. The van der Waals surface area contributed by atoms with E-state index in [-0.39, 0.29) is 35.5 Å². The van der Waals surface area contributed by atoms with Crippen molar-refractivity contribution in [1.29, 1.82) is 0 Å². The number of aromatic hydroxyl groups is 1. The minimum absolute atomic E-state index is 0.0896. The van der Waals surface area contributed by atoms with Gasteiger partial charge >= 0.3 is 0 Å². The zero-order valence-electron chi connectivity index (χ0n) is 13.9. The van der Waals surface area contributed by atoms with Crippen LogP contribution in [0.1, 0.15) is 6.85 Å². The Labute approximate surface area is 107 Å². The van der Waals surface area contributed by atoms with E-state index in [1.54, 1.807) is 30.3 Å². The van der Waals surface area contributed by atoms with E-state index >= 15 is 0 Å². The van der Waals surface area contributed by atoms with E-state index < -0.39 is 6.04 Å². The van der Waals surface area contributed by atoms with E-state index in [1.165, 1.54) is 6.07 Å². The lowest BCUT2D eigenvalue weighted by Crippen LogP contribution is -1.81. The Kier molecular flexibility index (Phi) is 1.36. The number of hydrogen-bond acceptors (Lipinski definition) is 1. The van der Waals surface area contributed by atoms with E-state index in [0.29, 0.717) is 16.3 Å². The van der Waals surface area contributed by atoms with Crippen LogP contribution in [-0.2, 0) is 0 Å². The molecular weight excluding hydrogens is 208 g/mol. The van der Waals surface area contributed by atoms with Gasteiger partial charge in [-0.15, -0.1) is 0 Å². The lowest BCUT2D eigenvalue weighted by atomic mass is 9.98. The zero-order chi connectivity index (χ0) is 16.0. The molecule has 0 unspecified atom stereocenters. The molecule has 0 aliphatic carbocycles. The normalized spacial score (nSPS) is 14.7. The van der Waals surface area contributed by atoms with E-state index in [2.05, 4.69) is 0 Å². The maximum absolute atomic E-state index is 9.94. The predicted octanol–water partition coefficient (Wildman–Crippen LogP) is 4.21. The fourth-order valence-corrected chi connectivity index (χ4v) is 1.89. The highest BCUT2D eigenvalue weighted by molar-refractivity contribution is 5.99. The van der Waals surface area contributed by atoms with Crippen molar-refractivity contribution in [1.82, 2.24) is 0 Å². The summed E-state index contributed by atoms with van der Waals surface area (Å²) in [6.45, 7) is 0. The van der Waals surface area contributed by atoms with Crippen LogP contribution in [0.15, 0.2) is 66.6 Å². The second kappa shape index (κ2) is 3.95. The van der Waals surface area contributed by atoms with Gasteiger partial charge in [-0.3, -0.25) is 0 Å². The molecule has 0 atom stereocenters. The maximum atomic E-state index is 9.94. The second-order valence-corrected chi connectivity index (χ2v) is 3.68. The number of hydrogen-bond donors (Lipinski definition) is 1. The van der Waals surface area contributed by atoms with Crippen molar-refractivity contribution in [3.63, 3.8) is 0 Å². The summed E-state index contributed by atoms with van der Waals surface area (Å²) in [6.07, 6.45) is 0. The molecule has 0 heterocycles. The SMILES string of the molecule is [2H]c1c([2H])c([2H])c(-c2ccc(O)c3ccccc23)c([2H])c1[2H]. The Balaban J connectivity index is 2.46. The van der Waals surface area contributed by atoms with Crippen molar-refractivity contribution >= 4 is 10.8 Å². The third kappa shape index (κ3) is 1.66. The van der Waals surface area contributed by atoms with Crippen molar-refractivity contribution in [3.05, 3.63) is 66.6 Å². The van der Waals surface area contributed by atoms with Gasteiger partial charge in [0, 0.05) is 5.39 Å². The number of phenols is 1. The summed E-state index contributed by atoms with van der Waals surface area (Å²) in [6, 6.07) is 8.43. The summed E-state index contributed by atoms with van der Waals surface area (Å²) in [5, 5.41) is 11.2. The zero-order valence-corrected chi connectivity index (χ0v) is 8.91. The average Bonchev–Trinajstić information content (AvgIpc) is 2.53. The van der Waals surface area contributed by atoms with Gasteiger partial charge in [-0.2, -0.15) is 0 Å². The van der Waals surface area contributed by atoms with Crippen LogP contribution in [0.5, 0.6) is 5.75 Å². The highest BCUT2D eigenvalue weighted by atomic mass is 16.3. The maximum Gasteiger partial charge on any atom is 0.123 e. The molecule has 0 fully saturated rings. The van der Waals surface area contributed by atoms with E-state index in [4.69, 9.17) is 6.85 Å². The summed E-state index contributed by atoms with van der Waals surface area (Å²) >= 11 is 0. The molecule has 1 N–H and O–H groups in total. The summed E-state index contributed by atoms with van der Waals surface area (Å²) < 4.78 is 39.3. The molecule has 3 rings (SSSR count). The van der Waals surface area contributed by atoms with E-state index in [9.17, 15) is 5.11 Å². The van der Waals surface area contributed by atoms with Crippen LogP contribution < -0.4 is 0 Å². The minimum Gasteiger partial charge on any atom is -0.507 e. The predicted molar refractivity (Wildman–Crippen MR) is 71.0 cm³/mol. The molecule has 0 aliphatic heterocycles. The van der Waals surface area contributed by atoms with Gasteiger partial charge in [0.1, 0.15) is 5.75 Å². The van der Waals surface area contributed by atoms with Crippen molar-refractivity contribution in [2.45, 2.75) is 0 Å². The van der Waals surface area contributed by atoms with Gasteiger partial charge in [0.15, 0.2) is 0 Å². The van der Waals surface area contributed by atoms with Crippen molar-refractivity contribution < 1.29 is 12.0 Å². The quantitative estimate of drug-likeness (QED) is 0.657. The molecule has 0 bridgehead atoms. The molecule has 3 aromatic carbocycles. The smallest absolute Gasteiger partial charge is 0.123 e. The molecule has 1 nitrogen and oxygen atoms in total. The third-order valence-electron chi connectivity index (χ3n) is 2.67. The van der Waals surface area contributed by atoms with Crippen LogP contribution in [0, 0.1) is 0 Å².